The second kappa shape index (κ2) is 5.69. The highest BCUT2D eigenvalue weighted by molar-refractivity contribution is 6.01. The van der Waals surface area contributed by atoms with Crippen LogP contribution < -0.4 is 0 Å². The molecule has 5 nitrogen and oxygen atoms in total. The van der Waals surface area contributed by atoms with Crippen LogP contribution in [0.4, 0.5) is 0 Å². The summed E-state index contributed by atoms with van der Waals surface area (Å²) >= 11 is 0. The molecule has 2 unspecified atom stereocenters. The van der Waals surface area contributed by atoms with Crippen LogP contribution in [0.2, 0.25) is 0 Å². The van der Waals surface area contributed by atoms with Crippen molar-refractivity contribution < 1.29 is 24.9 Å². The van der Waals surface area contributed by atoms with Gasteiger partial charge in [0.15, 0.2) is 11.6 Å². The minimum Gasteiger partial charge on any atom is -0.387 e. The van der Waals surface area contributed by atoms with Gasteiger partial charge in [0.25, 0.3) is 0 Å². The van der Waals surface area contributed by atoms with Gasteiger partial charge in [-0.1, -0.05) is 13.2 Å². The number of ketones is 2. The minimum absolute atomic E-state index is 0.0292. The van der Waals surface area contributed by atoms with Gasteiger partial charge in [0.1, 0.15) is 18.3 Å². The summed E-state index contributed by atoms with van der Waals surface area (Å²) in [5.41, 5.74) is 0.0584. The Morgan fingerprint density at radius 3 is 1.31 bits per heavy atom. The van der Waals surface area contributed by atoms with Crippen molar-refractivity contribution in [2.75, 3.05) is 0 Å². The molecule has 3 N–H and O–H groups in total. The standard InChI is InChI=1S/C11H16O5/c1-5(2)7(12)9(14)11(16)10(15)8(13)6(3)4/h9-11,14-16H,1,3H2,2,4H3. The van der Waals surface area contributed by atoms with Crippen molar-refractivity contribution in [2.24, 2.45) is 0 Å². The highest BCUT2D eigenvalue weighted by atomic mass is 16.4. The Kier molecular flexibility index (Phi) is 5.23. The molecule has 0 aliphatic heterocycles. The number of carbonyl (C=O) groups is 2. The van der Waals surface area contributed by atoms with Gasteiger partial charge in [-0.2, -0.15) is 0 Å². The summed E-state index contributed by atoms with van der Waals surface area (Å²) in [7, 11) is 0. The Bertz CT molecular complexity index is 299. The molecule has 0 heterocycles. The number of rotatable bonds is 6. The molecule has 0 aromatic heterocycles. The lowest BCUT2D eigenvalue weighted by Gasteiger charge is -2.21. The lowest BCUT2D eigenvalue weighted by atomic mass is 9.96. The summed E-state index contributed by atoms with van der Waals surface area (Å²) in [5.74, 6) is -1.64. The number of Topliss-reactive ketones (excluding diaryl/α,β-unsaturated/α-hetero) is 2. The molecular formula is C11H16O5. The van der Waals surface area contributed by atoms with Crippen LogP contribution in [0.5, 0.6) is 0 Å². The predicted molar refractivity (Wildman–Crippen MR) is 57.7 cm³/mol. The molecular weight excluding hydrogens is 212 g/mol. The number of aliphatic hydroxyl groups excluding tert-OH is 3. The topological polar surface area (TPSA) is 94.8 Å². The van der Waals surface area contributed by atoms with E-state index >= 15 is 0 Å². The van der Waals surface area contributed by atoms with Crippen LogP contribution in [0.1, 0.15) is 13.8 Å². The normalized spacial score (nSPS) is 16.1. The Hall–Kier alpha value is -1.30. The molecule has 0 saturated carbocycles. The molecule has 0 aromatic rings. The first-order chi connectivity index (χ1) is 7.20. The number of hydrogen-bond donors (Lipinski definition) is 3. The highest BCUT2D eigenvalue weighted by Crippen LogP contribution is 2.09. The summed E-state index contributed by atoms with van der Waals surface area (Å²) in [6.45, 7) is 9.29. The minimum atomic E-state index is -1.88. The first-order valence-electron chi connectivity index (χ1n) is 4.63. The Morgan fingerprint density at radius 1 is 0.875 bits per heavy atom. The average molecular weight is 228 g/mol. The highest BCUT2D eigenvalue weighted by Gasteiger charge is 2.34. The maximum atomic E-state index is 11.2. The third kappa shape index (κ3) is 3.37. The molecule has 0 bridgehead atoms. The average Bonchev–Trinajstić information content (AvgIpc) is 2.23. The molecule has 0 spiro atoms. The van der Waals surface area contributed by atoms with Crippen LogP contribution in [0.15, 0.2) is 24.3 Å². The van der Waals surface area contributed by atoms with Crippen molar-refractivity contribution in [3.63, 3.8) is 0 Å². The van der Waals surface area contributed by atoms with Crippen molar-refractivity contribution in [3.8, 4) is 0 Å². The van der Waals surface area contributed by atoms with E-state index in [-0.39, 0.29) is 11.1 Å². The van der Waals surface area contributed by atoms with E-state index in [2.05, 4.69) is 13.2 Å². The maximum absolute atomic E-state index is 11.2. The van der Waals surface area contributed by atoms with Gasteiger partial charge in [-0.05, 0) is 25.0 Å². The van der Waals surface area contributed by atoms with Crippen molar-refractivity contribution >= 4 is 11.6 Å². The zero-order chi connectivity index (χ0) is 13.0. The molecule has 0 aliphatic carbocycles. The lowest BCUT2D eigenvalue weighted by Crippen LogP contribution is -2.46. The Labute approximate surface area is 93.7 Å². The van der Waals surface area contributed by atoms with Gasteiger partial charge >= 0.3 is 0 Å². The zero-order valence-electron chi connectivity index (χ0n) is 9.30. The fourth-order valence-electron chi connectivity index (χ4n) is 0.988. The van der Waals surface area contributed by atoms with Crippen LogP contribution in [-0.4, -0.2) is 45.2 Å². The largest absolute Gasteiger partial charge is 0.387 e. The van der Waals surface area contributed by atoms with E-state index < -0.39 is 29.9 Å². The van der Waals surface area contributed by atoms with Crippen LogP contribution >= 0.6 is 0 Å². The van der Waals surface area contributed by atoms with E-state index in [0.29, 0.717) is 0 Å². The summed E-state index contributed by atoms with van der Waals surface area (Å²) in [6, 6.07) is 0. The number of carbonyl (C=O) groups excluding carboxylic acids is 2. The van der Waals surface area contributed by atoms with Gasteiger partial charge in [0.2, 0.25) is 0 Å². The first kappa shape index (κ1) is 14.7. The van der Waals surface area contributed by atoms with Crippen molar-refractivity contribution in [1.82, 2.24) is 0 Å². The van der Waals surface area contributed by atoms with E-state index in [0.717, 1.165) is 0 Å². The van der Waals surface area contributed by atoms with E-state index in [9.17, 15) is 24.9 Å². The van der Waals surface area contributed by atoms with Crippen molar-refractivity contribution in [3.05, 3.63) is 24.3 Å². The van der Waals surface area contributed by atoms with E-state index in [1.807, 2.05) is 0 Å². The number of aliphatic hydroxyl groups is 3. The van der Waals surface area contributed by atoms with Gasteiger partial charge in [0.05, 0.1) is 0 Å². The van der Waals surface area contributed by atoms with Gasteiger partial charge in [-0.15, -0.1) is 0 Å². The Balaban J connectivity index is 4.73. The second-order valence-corrected chi connectivity index (χ2v) is 3.67. The molecule has 0 aliphatic rings. The summed E-state index contributed by atoms with van der Waals surface area (Å²) in [6.07, 6.45) is -5.61. The zero-order valence-corrected chi connectivity index (χ0v) is 9.30. The maximum Gasteiger partial charge on any atom is 0.189 e. The van der Waals surface area contributed by atoms with Crippen LogP contribution in [0, 0.1) is 0 Å². The van der Waals surface area contributed by atoms with Crippen LogP contribution in [0.25, 0.3) is 0 Å². The fourth-order valence-corrected chi connectivity index (χ4v) is 0.988. The molecule has 5 heteroatoms. The summed E-state index contributed by atoms with van der Waals surface area (Å²) < 4.78 is 0. The smallest absolute Gasteiger partial charge is 0.189 e. The molecule has 16 heavy (non-hydrogen) atoms. The third-order valence-corrected chi connectivity index (χ3v) is 2.03. The van der Waals surface area contributed by atoms with Crippen molar-refractivity contribution in [2.45, 2.75) is 32.2 Å². The van der Waals surface area contributed by atoms with Crippen LogP contribution in [0.3, 0.4) is 0 Å². The predicted octanol–water partition coefficient (Wildman–Crippen LogP) is -0.641. The summed E-state index contributed by atoms with van der Waals surface area (Å²) in [4.78, 5) is 22.5. The van der Waals surface area contributed by atoms with Crippen LogP contribution in [-0.2, 0) is 9.59 Å². The van der Waals surface area contributed by atoms with Gasteiger partial charge < -0.3 is 15.3 Å². The SMILES string of the molecule is C=C(C)C(=O)C(O)C(O)C(O)C(=O)C(=C)C. The van der Waals surface area contributed by atoms with Crippen molar-refractivity contribution in [1.29, 1.82) is 0 Å². The molecule has 0 saturated heterocycles. The second-order valence-electron chi connectivity index (χ2n) is 3.67. The molecule has 0 fully saturated rings. The molecule has 0 radical (unpaired) electrons. The molecule has 0 amide bonds. The first-order valence-corrected chi connectivity index (χ1v) is 4.63. The Morgan fingerprint density at radius 2 is 1.12 bits per heavy atom. The van der Waals surface area contributed by atoms with Gasteiger partial charge in [-0.3, -0.25) is 9.59 Å². The molecule has 90 valence electrons. The lowest BCUT2D eigenvalue weighted by molar-refractivity contribution is -0.142. The number of hydrogen-bond acceptors (Lipinski definition) is 5. The quantitative estimate of drug-likeness (QED) is 0.526. The van der Waals surface area contributed by atoms with Gasteiger partial charge in [0, 0.05) is 0 Å². The third-order valence-electron chi connectivity index (χ3n) is 2.03. The molecule has 2 atom stereocenters. The molecule has 0 aromatic carbocycles. The fraction of sp³-hybridized carbons (Fsp3) is 0.455. The van der Waals surface area contributed by atoms with Gasteiger partial charge in [-0.25, -0.2) is 0 Å². The van der Waals surface area contributed by atoms with E-state index in [1.54, 1.807) is 0 Å². The van der Waals surface area contributed by atoms with E-state index in [1.165, 1.54) is 13.8 Å². The van der Waals surface area contributed by atoms with E-state index in [4.69, 9.17) is 0 Å². The molecule has 0 rings (SSSR count). The summed E-state index contributed by atoms with van der Waals surface area (Å²) in [5, 5.41) is 28.1. The monoisotopic (exact) mass is 228 g/mol.